The lowest BCUT2D eigenvalue weighted by Gasteiger charge is -2.20. The molecule has 3 rings (SSSR count). The van der Waals surface area contributed by atoms with Crippen molar-refractivity contribution in [2.75, 3.05) is 20.5 Å². The second-order valence-electron chi connectivity index (χ2n) is 4.61. The van der Waals surface area contributed by atoms with Crippen LogP contribution in [0.4, 0.5) is 21.5 Å². The molecule has 110 valence electrons. The van der Waals surface area contributed by atoms with Crippen LogP contribution in [0, 0.1) is 5.82 Å². The van der Waals surface area contributed by atoms with E-state index in [9.17, 15) is 4.39 Å². The van der Waals surface area contributed by atoms with Gasteiger partial charge in [0.25, 0.3) is 0 Å². The van der Waals surface area contributed by atoms with Gasteiger partial charge in [0.15, 0.2) is 0 Å². The minimum Gasteiger partial charge on any atom is -0.296 e. The highest BCUT2D eigenvalue weighted by atomic mass is 79.9. The quantitative estimate of drug-likeness (QED) is 0.484. The van der Waals surface area contributed by atoms with Crippen molar-refractivity contribution in [1.82, 2.24) is 0 Å². The average Bonchev–Trinajstić information content (AvgIpc) is 2.84. The Balaban J connectivity index is 1.97. The van der Waals surface area contributed by atoms with Gasteiger partial charge in [0.05, 0.1) is 34.2 Å². The Hall–Kier alpha value is -0.910. The average molecular weight is 388 g/mol. The van der Waals surface area contributed by atoms with Crippen molar-refractivity contribution in [2.45, 2.75) is 6.42 Å². The molecular weight excluding hydrogens is 375 g/mol. The predicted molar refractivity (Wildman–Crippen MR) is 93.3 cm³/mol. The van der Waals surface area contributed by atoms with Crippen molar-refractivity contribution in [3.8, 4) is 0 Å². The lowest BCUT2D eigenvalue weighted by atomic mass is 10.2. The molecule has 0 aromatic heterocycles. The zero-order chi connectivity index (χ0) is 14.8. The summed E-state index contributed by atoms with van der Waals surface area (Å²) in [6, 6.07) is 12.7. The first kappa shape index (κ1) is 15.0. The SMILES string of the molecule is Fc1ccc(N2SN(CCCBr)c3ccccc32)c(Cl)c1. The van der Waals surface area contributed by atoms with Gasteiger partial charge in [0, 0.05) is 11.9 Å². The molecule has 0 bridgehead atoms. The Morgan fingerprint density at radius 2 is 1.86 bits per heavy atom. The zero-order valence-corrected chi connectivity index (χ0v) is 14.3. The first-order valence-corrected chi connectivity index (χ1v) is 8.79. The summed E-state index contributed by atoms with van der Waals surface area (Å²) in [6.45, 7) is 0.933. The Morgan fingerprint density at radius 1 is 1.10 bits per heavy atom. The Morgan fingerprint density at radius 3 is 2.57 bits per heavy atom. The maximum absolute atomic E-state index is 13.2. The molecule has 21 heavy (non-hydrogen) atoms. The van der Waals surface area contributed by atoms with Gasteiger partial charge < -0.3 is 0 Å². The first-order valence-electron chi connectivity index (χ1n) is 6.56. The number of hydrogen-bond acceptors (Lipinski definition) is 3. The normalized spacial score (nSPS) is 13.7. The first-order chi connectivity index (χ1) is 10.2. The van der Waals surface area contributed by atoms with Crippen molar-refractivity contribution < 1.29 is 4.39 Å². The molecule has 2 nitrogen and oxygen atoms in total. The molecule has 0 fully saturated rings. The molecule has 0 spiro atoms. The fraction of sp³-hybridized carbons (Fsp3) is 0.200. The number of rotatable bonds is 4. The van der Waals surface area contributed by atoms with E-state index in [-0.39, 0.29) is 5.82 Å². The molecule has 1 heterocycles. The molecule has 2 aromatic rings. The van der Waals surface area contributed by atoms with Crippen LogP contribution >= 0.6 is 39.7 Å². The topological polar surface area (TPSA) is 6.48 Å². The number of benzene rings is 2. The Labute approximate surface area is 141 Å². The van der Waals surface area contributed by atoms with E-state index in [1.807, 2.05) is 16.4 Å². The van der Waals surface area contributed by atoms with Crippen molar-refractivity contribution >= 4 is 56.7 Å². The Kier molecular flexibility index (Phi) is 4.62. The maximum atomic E-state index is 13.2. The molecule has 0 unspecified atom stereocenters. The van der Waals surface area contributed by atoms with E-state index in [2.05, 4.69) is 32.4 Å². The minimum absolute atomic E-state index is 0.322. The van der Waals surface area contributed by atoms with E-state index in [1.165, 1.54) is 12.1 Å². The summed E-state index contributed by atoms with van der Waals surface area (Å²) in [4.78, 5) is 0. The van der Waals surface area contributed by atoms with Crippen molar-refractivity contribution in [3.05, 3.63) is 53.3 Å². The van der Waals surface area contributed by atoms with Gasteiger partial charge in [-0.05, 0) is 36.8 Å². The zero-order valence-electron chi connectivity index (χ0n) is 11.1. The van der Waals surface area contributed by atoms with Crippen molar-refractivity contribution in [3.63, 3.8) is 0 Å². The van der Waals surface area contributed by atoms with E-state index < -0.39 is 0 Å². The second kappa shape index (κ2) is 6.46. The van der Waals surface area contributed by atoms with E-state index in [0.717, 1.165) is 35.4 Å². The fourth-order valence-electron chi connectivity index (χ4n) is 2.22. The van der Waals surface area contributed by atoms with Gasteiger partial charge in [-0.25, -0.2) is 4.39 Å². The van der Waals surface area contributed by atoms with Gasteiger partial charge in [0.2, 0.25) is 0 Å². The van der Waals surface area contributed by atoms with Gasteiger partial charge >= 0.3 is 0 Å². The summed E-state index contributed by atoms with van der Waals surface area (Å²) < 4.78 is 17.5. The summed E-state index contributed by atoms with van der Waals surface area (Å²) in [6.07, 6.45) is 1.05. The number of alkyl halides is 1. The van der Waals surface area contributed by atoms with Crippen LogP contribution in [0.15, 0.2) is 42.5 Å². The van der Waals surface area contributed by atoms with Gasteiger partial charge in [-0.3, -0.25) is 8.61 Å². The highest BCUT2D eigenvalue weighted by molar-refractivity contribution is 9.09. The van der Waals surface area contributed by atoms with Crippen LogP contribution in [-0.2, 0) is 0 Å². The number of fused-ring (bicyclic) bond motifs is 1. The smallest absolute Gasteiger partial charge is 0.124 e. The van der Waals surface area contributed by atoms with E-state index in [1.54, 1.807) is 18.2 Å². The van der Waals surface area contributed by atoms with Crippen molar-refractivity contribution in [1.29, 1.82) is 0 Å². The number of hydrogen-bond donors (Lipinski definition) is 0. The lowest BCUT2D eigenvalue weighted by Crippen LogP contribution is -2.15. The molecule has 2 aromatic carbocycles. The molecule has 0 amide bonds. The van der Waals surface area contributed by atoms with Gasteiger partial charge in [-0.15, -0.1) is 0 Å². The van der Waals surface area contributed by atoms with E-state index >= 15 is 0 Å². The third-order valence-corrected chi connectivity index (χ3v) is 5.17. The van der Waals surface area contributed by atoms with Crippen LogP contribution in [0.5, 0.6) is 0 Å². The van der Waals surface area contributed by atoms with Crippen LogP contribution in [0.1, 0.15) is 6.42 Å². The molecule has 1 aliphatic heterocycles. The summed E-state index contributed by atoms with van der Waals surface area (Å²) in [5.41, 5.74) is 3.03. The second-order valence-corrected chi connectivity index (χ2v) is 6.77. The van der Waals surface area contributed by atoms with E-state index in [4.69, 9.17) is 11.6 Å². The number of halogens is 3. The molecule has 0 aliphatic carbocycles. The number of para-hydroxylation sites is 2. The summed E-state index contributed by atoms with van der Waals surface area (Å²) in [7, 11) is 0. The molecular formula is C15H13BrClFN2S. The third kappa shape index (κ3) is 3.00. The standard InChI is InChI=1S/C15H13BrClFN2S/c16-8-3-9-19-14-4-1-2-5-15(14)20(21-19)13-7-6-11(18)10-12(13)17/h1-2,4-7,10H,3,8-9H2. The van der Waals surface area contributed by atoms with Crippen LogP contribution < -0.4 is 8.61 Å². The van der Waals surface area contributed by atoms with Crippen LogP contribution in [0.25, 0.3) is 0 Å². The van der Waals surface area contributed by atoms with Crippen LogP contribution in [0.2, 0.25) is 5.02 Å². The molecule has 0 saturated carbocycles. The maximum Gasteiger partial charge on any atom is 0.124 e. The molecule has 6 heteroatoms. The molecule has 1 aliphatic rings. The fourth-order valence-corrected chi connectivity index (χ4v) is 3.91. The molecule has 0 saturated heterocycles. The predicted octanol–water partition coefficient (Wildman–Crippen LogP) is 5.79. The number of nitrogens with zero attached hydrogens (tertiary/aromatic N) is 2. The summed E-state index contributed by atoms with van der Waals surface area (Å²) >= 11 is 11.3. The monoisotopic (exact) mass is 386 g/mol. The number of anilines is 3. The molecule has 0 atom stereocenters. The van der Waals surface area contributed by atoms with Crippen LogP contribution in [-0.4, -0.2) is 11.9 Å². The van der Waals surface area contributed by atoms with Crippen molar-refractivity contribution in [2.24, 2.45) is 0 Å². The highest BCUT2D eigenvalue weighted by Gasteiger charge is 2.29. The summed E-state index contributed by atoms with van der Waals surface area (Å²) in [5.74, 6) is -0.322. The van der Waals surface area contributed by atoms with Gasteiger partial charge in [0.1, 0.15) is 5.82 Å². The van der Waals surface area contributed by atoms with Crippen LogP contribution in [0.3, 0.4) is 0 Å². The minimum atomic E-state index is -0.322. The summed E-state index contributed by atoms with van der Waals surface area (Å²) in [5, 5.41) is 1.38. The third-order valence-electron chi connectivity index (χ3n) is 3.17. The Bertz CT molecular complexity index is 655. The lowest BCUT2D eigenvalue weighted by molar-refractivity contribution is 0.628. The molecule has 0 N–H and O–H groups in total. The van der Waals surface area contributed by atoms with Gasteiger partial charge in [-0.1, -0.05) is 39.7 Å². The molecule has 0 radical (unpaired) electrons. The highest BCUT2D eigenvalue weighted by Crippen LogP contribution is 2.50. The van der Waals surface area contributed by atoms with E-state index in [0.29, 0.717) is 5.02 Å². The largest absolute Gasteiger partial charge is 0.296 e. The van der Waals surface area contributed by atoms with Gasteiger partial charge in [-0.2, -0.15) is 0 Å².